The van der Waals surface area contributed by atoms with Gasteiger partial charge in [0.15, 0.2) is 6.23 Å². The third kappa shape index (κ3) is 6.85. The second kappa shape index (κ2) is 10.5. The highest BCUT2D eigenvalue weighted by Crippen LogP contribution is 2.66. The predicted octanol–water partition coefficient (Wildman–Crippen LogP) is -2.02. The molecule has 1 saturated heterocycles. The van der Waals surface area contributed by atoms with Crippen molar-refractivity contribution < 1.29 is 61.4 Å². The fraction of sp³-hybridized carbons (Fsp3) is 0.500. The summed E-state index contributed by atoms with van der Waals surface area (Å²) in [5.41, 5.74) is 12.3. The molecule has 35 heavy (non-hydrogen) atoms. The van der Waals surface area contributed by atoms with Crippen molar-refractivity contribution in [3.63, 3.8) is 0 Å². The molecule has 1 aromatic rings. The summed E-state index contributed by atoms with van der Waals surface area (Å²) in [6.07, 6.45) is -4.05. The van der Waals surface area contributed by atoms with E-state index in [-0.39, 0.29) is 12.4 Å². The molecular formula is C14H22N5O13P3. The normalized spacial score (nSPS) is 29.4. The number of rotatable bonds is 8. The number of hydrogen-bond acceptors (Lipinski definition) is 13. The molecule has 1 fully saturated rings. The largest absolute Gasteiger partial charge is 0.490 e. The Balaban J connectivity index is 1.76. The lowest BCUT2D eigenvalue weighted by atomic mass is 10.1. The van der Waals surface area contributed by atoms with E-state index < -0.39 is 60.8 Å². The molecule has 21 heteroatoms. The molecule has 7 atom stereocenters. The van der Waals surface area contributed by atoms with Crippen molar-refractivity contribution in [1.29, 1.82) is 0 Å². The average Bonchev–Trinajstić information content (AvgIpc) is 3.21. The number of nitrogens with one attached hydrogen (secondary N) is 1. The first-order valence-electron chi connectivity index (χ1n) is 9.42. The third-order valence-corrected chi connectivity index (χ3v) is 8.35. The van der Waals surface area contributed by atoms with Gasteiger partial charge >= 0.3 is 23.5 Å². The van der Waals surface area contributed by atoms with Gasteiger partial charge in [-0.1, -0.05) is 11.8 Å². The standard InChI is InChI=1S/C14H22N5O13P3/c15-3-1-2-7-4-19(13-9(7)12(16)17-6-18-13)14-11(21)10(20)8(30-14)5-29-34(25,26)32-35(27,28)31-33(22,23)24/h4,6,8,10-12,14,20-21H,3,5,15-16H2,(H,17,18)(H,25,26)(H,27,28)(H2,22,23,24)/t8-,10?,11+,12?,14-/m1/s1. The van der Waals surface area contributed by atoms with Crippen LogP contribution >= 0.6 is 23.5 Å². The topological polar surface area (TPSA) is 291 Å². The molecular weight excluding hydrogens is 539 g/mol. The van der Waals surface area contributed by atoms with Crippen LogP contribution in [-0.4, -0.2) is 72.2 Å². The highest BCUT2D eigenvalue weighted by Gasteiger charge is 2.47. The van der Waals surface area contributed by atoms with Crippen molar-refractivity contribution >= 4 is 35.6 Å². The van der Waals surface area contributed by atoms with E-state index in [4.69, 9.17) is 26.0 Å². The highest BCUT2D eigenvalue weighted by molar-refractivity contribution is 7.66. The van der Waals surface area contributed by atoms with Crippen LogP contribution in [0.2, 0.25) is 0 Å². The molecule has 196 valence electrons. The van der Waals surface area contributed by atoms with Crippen molar-refractivity contribution in [2.75, 3.05) is 13.2 Å². The highest BCUT2D eigenvalue weighted by atomic mass is 31.3. The number of aliphatic imine (C=N–C) groups is 1. The van der Waals surface area contributed by atoms with E-state index in [1.165, 1.54) is 17.1 Å². The van der Waals surface area contributed by atoms with Crippen LogP contribution in [0.15, 0.2) is 11.2 Å². The fourth-order valence-electron chi connectivity index (χ4n) is 3.24. The molecule has 18 nitrogen and oxygen atoms in total. The number of nitrogens with zero attached hydrogens (tertiary/aromatic N) is 2. The van der Waals surface area contributed by atoms with Gasteiger partial charge in [0.25, 0.3) is 0 Å². The molecule has 4 unspecified atom stereocenters. The number of nitrogens with two attached hydrogens (primary N) is 2. The van der Waals surface area contributed by atoms with Gasteiger partial charge < -0.3 is 55.9 Å². The molecule has 0 aromatic carbocycles. The number of ether oxygens (including phenoxy) is 1. The van der Waals surface area contributed by atoms with E-state index >= 15 is 0 Å². The van der Waals surface area contributed by atoms with E-state index in [1.54, 1.807) is 0 Å². The molecule has 0 spiro atoms. The summed E-state index contributed by atoms with van der Waals surface area (Å²) < 4.78 is 52.6. The Morgan fingerprint density at radius 1 is 1.14 bits per heavy atom. The molecule has 0 bridgehead atoms. The van der Waals surface area contributed by atoms with Crippen molar-refractivity contribution in [2.45, 2.75) is 30.7 Å². The number of aliphatic hydroxyl groups is 2. The summed E-state index contributed by atoms with van der Waals surface area (Å²) in [7, 11) is -16.7. The van der Waals surface area contributed by atoms with E-state index in [0.717, 1.165) is 0 Å². The van der Waals surface area contributed by atoms with E-state index in [0.29, 0.717) is 11.1 Å². The smallest absolute Gasteiger partial charge is 0.387 e. The monoisotopic (exact) mass is 561 g/mol. The molecule has 2 aliphatic heterocycles. The lowest BCUT2D eigenvalue weighted by molar-refractivity contribution is -0.0510. The van der Waals surface area contributed by atoms with Crippen LogP contribution in [0, 0.1) is 11.8 Å². The predicted molar refractivity (Wildman–Crippen MR) is 114 cm³/mol. The molecule has 3 rings (SSSR count). The average molecular weight is 561 g/mol. The van der Waals surface area contributed by atoms with Crippen LogP contribution in [0.3, 0.4) is 0 Å². The lowest BCUT2D eigenvalue weighted by Crippen LogP contribution is -2.34. The first-order chi connectivity index (χ1) is 16.1. The van der Waals surface area contributed by atoms with Crippen molar-refractivity contribution in [3.05, 3.63) is 17.3 Å². The number of aliphatic hydroxyl groups excluding tert-OH is 2. The number of fused-ring (bicyclic) bond motifs is 1. The van der Waals surface area contributed by atoms with Gasteiger partial charge in [-0.2, -0.15) is 8.62 Å². The van der Waals surface area contributed by atoms with Crippen molar-refractivity contribution in [2.24, 2.45) is 16.5 Å². The van der Waals surface area contributed by atoms with Crippen LogP contribution in [0.1, 0.15) is 23.5 Å². The molecule has 3 heterocycles. The third-order valence-electron chi connectivity index (χ3n) is 4.55. The maximum absolute atomic E-state index is 11.9. The second-order valence-corrected chi connectivity index (χ2v) is 11.4. The van der Waals surface area contributed by atoms with Gasteiger partial charge in [0.2, 0.25) is 0 Å². The molecule has 0 radical (unpaired) electrons. The number of hydrogen-bond donors (Lipinski definition) is 9. The van der Waals surface area contributed by atoms with Crippen LogP contribution in [0.5, 0.6) is 0 Å². The zero-order chi connectivity index (χ0) is 26.2. The maximum atomic E-state index is 11.9. The summed E-state index contributed by atoms with van der Waals surface area (Å²) in [4.78, 5) is 40.0. The minimum Gasteiger partial charge on any atom is -0.387 e. The Bertz CT molecular complexity index is 1190. The van der Waals surface area contributed by atoms with Crippen LogP contribution < -0.4 is 16.8 Å². The second-order valence-electron chi connectivity index (χ2n) is 7.03. The number of phosphoric acid groups is 3. The summed E-state index contributed by atoms with van der Waals surface area (Å²) in [6, 6.07) is 0. The zero-order valence-electron chi connectivity index (χ0n) is 17.4. The summed E-state index contributed by atoms with van der Waals surface area (Å²) in [5, 5.41) is 23.6. The minimum atomic E-state index is -5.72. The molecule has 0 aliphatic carbocycles. The van der Waals surface area contributed by atoms with E-state index in [1.807, 2.05) is 0 Å². The summed E-state index contributed by atoms with van der Waals surface area (Å²) >= 11 is 0. The molecule has 0 amide bonds. The van der Waals surface area contributed by atoms with Crippen LogP contribution in [-0.2, 0) is 31.6 Å². The Kier molecular flexibility index (Phi) is 8.41. The Hall–Kier alpha value is -1.48. The molecule has 0 saturated carbocycles. The summed E-state index contributed by atoms with van der Waals surface area (Å²) in [6.45, 7) is -0.915. The minimum absolute atomic E-state index is 0.0514. The Labute approximate surface area is 196 Å². The summed E-state index contributed by atoms with van der Waals surface area (Å²) in [5.74, 6) is 5.71. The number of aromatic nitrogens is 1. The van der Waals surface area contributed by atoms with Gasteiger partial charge in [-0.05, 0) is 0 Å². The maximum Gasteiger partial charge on any atom is 0.490 e. The van der Waals surface area contributed by atoms with Gasteiger partial charge in [0.1, 0.15) is 30.3 Å². The lowest BCUT2D eigenvalue weighted by Gasteiger charge is -2.22. The van der Waals surface area contributed by atoms with Gasteiger partial charge in [-0.25, -0.2) is 18.7 Å². The van der Waals surface area contributed by atoms with Gasteiger partial charge in [0, 0.05) is 11.8 Å². The van der Waals surface area contributed by atoms with Crippen molar-refractivity contribution in [3.8, 4) is 11.8 Å². The number of phosphoric ester groups is 1. The van der Waals surface area contributed by atoms with Gasteiger partial charge in [0.05, 0.1) is 25.1 Å². The molecule has 1 aromatic heterocycles. The van der Waals surface area contributed by atoms with E-state index in [2.05, 4.69) is 35.3 Å². The molecule has 2 aliphatic rings. The van der Waals surface area contributed by atoms with Gasteiger partial charge in [-0.3, -0.25) is 4.52 Å². The Morgan fingerprint density at radius 3 is 2.46 bits per heavy atom. The Morgan fingerprint density at radius 2 is 1.83 bits per heavy atom. The van der Waals surface area contributed by atoms with Crippen LogP contribution in [0.25, 0.3) is 0 Å². The SMILES string of the molecule is NCC#Cc1cn([C@@H]2O[C@H](COP(=O)(O)OP(=O)(O)OP(=O)(O)O)C(O)[C@@H]2O)c2c1C(N)NC=N2. The first kappa shape index (κ1) is 28.1. The zero-order valence-corrected chi connectivity index (χ0v) is 20.1. The van der Waals surface area contributed by atoms with Crippen LogP contribution in [0.4, 0.5) is 5.82 Å². The van der Waals surface area contributed by atoms with E-state index in [9.17, 15) is 33.7 Å². The quantitative estimate of drug-likeness (QED) is 0.122. The van der Waals surface area contributed by atoms with Crippen molar-refractivity contribution in [1.82, 2.24) is 9.88 Å². The van der Waals surface area contributed by atoms with Gasteiger partial charge in [-0.15, -0.1) is 0 Å². The first-order valence-corrected chi connectivity index (χ1v) is 13.9. The fourth-order valence-corrected chi connectivity index (χ4v) is 6.27. The molecule has 11 N–H and O–H groups in total.